The van der Waals surface area contributed by atoms with E-state index in [1.54, 1.807) is 12.1 Å². The highest BCUT2D eigenvalue weighted by molar-refractivity contribution is 5.75. The van der Waals surface area contributed by atoms with Crippen LogP contribution in [0.5, 0.6) is 17.2 Å². The highest BCUT2D eigenvalue weighted by Gasteiger charge is 2.11. The molecule has 2 aromatic rings. The molecule has 0 saturated carbocycles. The Kier molecular flexibility index (Phi) is 6.30. The summed E-state index contributed by atoms with van der Waals surface area (Å²) in [6.45, 7) is 1.91. The molecule has 0 fully saturated rings. The molecule has 1 aliphatic heterocycles. The number of carbonyl (C=O) groups excluding carboxylic acids is 1. The van der Waals surface area contributed by atoms with Crippen molar-refractivity contribution >= 4 is 5.91 Å². The third-order valence-corrected chi connectivity index (χ3v) is 3.98. The van der Waals surface area contributed by atoms with Crippen LogP contribution >= 0.6 is 0 Å². The topological polar surface area (TPSA) is 56.8 Å². The lowest BCUT2D eigenvalue weighted by atomic mass is 10.1. The number of nitrogens with one attached hydrogen (secondary N) is 1. The first-order chi connectivity index (χ1) is 12.7. The molecule has 1 N–H and O–H groups in total. The molecule has 0 atom stereocenters. The summed E-state index contributed by atoms with van der Waals surface area (Å²) in [7, 11) is 0. The average Bonchev–Trinajstić information content (AvgIpc) is 2.66. The third kappa shape index (κ3) is 5.37. The van der Waals surface area contributed by atoms with Crippen LogP contribution in [0.3, 0.4) is 0 Å². The summed E-state index contributed by atoms with van der Waals surface area (Å²) in [6, 6.07) is 11.7. The first-order valence-electron chi connectivity index (χ1n) is 8.74. The number of ether oxygens (including phenoxy) is 3. The highest BCUT2D eigenvalue weighted by Crippen LogP contribution is 2.31. The van der Waals surface area contributed by atoms with Crippen LogP contribution in [0.2, 0.25) is 0 Å². The number of amides is 1. The average molecular weight is 359 g/mol. The molecule has 0 bridgehead atoms. The van der Waals surface area contributed by atoms with Crippen LogP contribution in [0.1, 0.15) is 18.4 Å². The summed E-state index contributed by atoms with van der Waals surface area (Å²) in [5.74, 6) is 1.82. The Morgan fingerprint density at radius 3 is 2.65 bits per heavy atom. The summed E-state index contributed by atoms with van der Waals surface area (Å²) in [6.07, 6.45) is 2.01. The fraction of sp³-hybridized carbons (Fsp3) is 0.350. The Morgan fingerprint density at radius 1 is 1.08 bits per heavy atom. The Labute approximate surface area is 152 Å². The molecule has 26 heavy (non-hydrogen) atoms. The number of carbonyl (C=O) groups is 1. The van der Waals surface area contributed by atoms with E-state index in [-0.39, 0.29) is 11.7 Å². The van der Waals surface area contributed by atoms with E-state index in [1.807, 2.05) is 18.2 Å². The van der Waals surface area contributed by atoms with Crippen molar-refractivity contribution in [3.05, 3.63) is 53.8 Å². The van der Waals surface area contributed by atoms with Crippen molar-refractivity contribution in [3.8, 4) is 17.2 Å². The molecule has 2 aromatic carbocycles. The maximum Gasteiger partial charge on any atom is 0.220 e. The van der Waals surface area contributed by atoms with Crippen LogP contribution < -0.4 is 19.5 Å². The molecule has 6 heteroatoms. The zero-order valence-electron chi connectivity index (χ0n) is 14.5. The predicted molar refractivity (Wildman–Crippen MR) is 95.3 cm³/mol. The van der Waals surface area contributed by atoms with E-state index in [2.05, 4.69) is 5.32 Å². The van der Waals surface area contributed by atoms with Crippen molar-refractivity contribution in [1.82, 2.24) is 5.32 Å². The lowest BCUT2D eigenvalue weighted by molar-refractivity contribution is -0.121. The van der Waals surface area contributed by atoms with Crippen molar-refractivity contribution in [1.29, 1.82) is 0 Å². The monoisotopic (exact) mass is 359 g/mol. The van der Waals surface area contributed by atoms with Gasteiger partial charge in [0.25, 0.3) is 0 Å². The van der Waals surface area contributed by atoms with E-state index in [0.717, 1.165) is 29.9 Å². The van der Waals surface area contributed by atoms with Gasteiger partial charge in [-0.25, -0.2) is 4.39 Å². The van der Waals surface area contributed by atoms with Crippen molar-refractivity contribution in [2.24, 2.45) is 0 Å². The minimum Gasteiger partial charge on any atom is -0.492 e. The maximum absolute atomic E-state index is 12.8. The Hall–Kier alpha value is -2.76. The van der Waals surface area contributed by atoms with Gasteiger partial charge in [0.05, 0.1) is 6.54 Å². The van der Waals surface area contributed by atoms with Crippen molar-refractivity contribution in [2.75, 3.05) is 26.4 Å². The van der Waals surface area contributed by atoms with Crippen LogP contribution in [-0.2, 0) is 11.2 Å². The van der Waals surface area contributed by atoms with Gasteiger partial charge in [0.2, 0.25) is 5.91 Å². The number of benzene rings is 2. The summed E-state index contributed by atoms with van der Waals surface area (Å²) < 4.78 is 29.3. The maximum atomic E-state index is 12.8. The normalized spacial score (nSPS) is 12.5. The van der Waals surface area contributed by atoms with Gasteiger partial charge in [-0.15, -0.1) is 0 Å². The molecule has 0 spiro atoms. The molecule has 1 heterocycles. The molecule has 0 aliphatic carbocycles. The lowest BCUT2D eigenvalue weighted by Crippen LogP contribution is -2.27. The molecule has 0 unspecified atom stereocenters. The van der Waals surface area contributed by atoms with Gasteiger partial charge in [0.1, 0.15) is 31.4 Å². The fourth-order valence-electron chi connectivity index (χ4n) is 2.67. The second-order valence-electron chi connectivity index (χ2n) is 5.98. The van der Waals surface area contributed by atoms with Gasteiger partial charge >= 0.3 is 0 Å². The van der Waals surface area contributed by atoms with Gasteiger partial charge in [0, 0.05) is 6.42 Å². The van der Waals surface area contributed by atoms with Crippen molar-refractivity contribution in [3.63, 3.8) is 0 Å². The third-order valence-electron chi connectivity index (χ3n) is 3.98. The van der Waals surface area contributed by atoms with Gasteiger partial charge in [-0.3, -0.25) is 4.79 Å². The standard InChI is InChI=1S/C20H22FNO4/c21-16-5-7-17(8-6-16)24-11-10-22-20(23)3-1-2-15-4-9-18-19(14-15)26-13-12-25-18/h4-9,14H,1-3,10-13H2,(H,22,23). The summed E-state index contributed by atoms with van der Waals surface area (Å²) >= 11 is 0. The summed E-state index contributed by atoms with van der Waals surface area (Å²) in [4.78, 5) is 11.9. The number of rotatable bonds is 8. The number of hydrogen-bond acceptors (Lipinski definition) is 4. The van der Waals surface area contributed by atoms with E-state index in [0.29, 0.717) is 38.5 Å². The second-order valence-corrected chi connectivity index (χ2v) is 5.98. The number of halogens is 1. The minimum atomic E-state index is -0.302. The minimum absolute atomic E-state index is 0.00903. The quantitative estimate of drug-likeness (QED) is 0.736. The van der Waals surface area contributed by atoms with Crippen molar-refractivity contribution < 1.29 is 23.4 Å². The first kappa shape index (κ1) is 18.0. The fourth-order valence-corrected chi connectivity index (χ4v) is 2.67. The number of hydrogen-bond donors (Lipinski definition) is 1. The molecule has 0 aromatic heterocycles. The zero-order chi connectivity index (χ0) is 18.2. The van der Waals surface area contributed by atoms with Crippen LogP contribution in [0, 0.1) is 5.82 Å². The summed E-state index contributed by atoms with van der Waals surface area (Å²) in [5.41, 5.74) is 1.13. The van der Waals surface area contributed by atoms with E-state index in [1.165, 1.54) is 12.1 Å². The number of fused-ring (bicyclic) bond motifs is 1. The van der Waals surface area contributed by atoms with Crippen LogP contribution in [-0.4, -0.2) is 32.3 Å². The smallest absolute Gasteiger partial charge is 0.220 e. The highest BCUT2D eigenvalue weighted by atomic mass is 19.1. The van der Waals surface area contributed by atoms with E-state index in [9.17, 15) is 9.18 Å². The van der Waals surface area contributed by atoms with Gasteiger partial charge in [-0.2, -0.15) is 0 Å². The van der Waals surface area contributed by atoms with Gasteiger partial charge in [-0.05, 0) is 54.8 Å². The largest absolute Gasteiger partial charge is 0.492 e. The molecule has 5 nitrogen and oxygen atoms in total. The molecular formula is C20H22FNO4. The molecule has 0 saturated heterocycles. The molecular weight excluding hydrogens is 337 g/mol. The van der Waals surface area contributed by atoms with Gasteiger partial charge < -0.3 is 19.5 Å². The van der Waals surface area contributed by atoms with Gasteiger partial charge in [0.15, 0.2) is 11.5 Å². The second kappa shape index (κ2) is 9.08. The molecule has 3 rings (SSSR count). The SMILES string of the molecule is O=C(CCCc1ccc2c(c1)OCCO2)NCCOc1ccc(F)cc1. The van der Waals surface area contributed by atoms with Crippen LogP contribution in [0.25, 0.3) is 0 Å². The Morgan fingerprint density at radius 2 is 1.85 bits per heavy atom. The van der Waals surface area contributed by atoms with Crippen molar-refractivity contribution in [2.45, 2.75) is 19.3 Å². The van der Waals surface area contributed by atoms with Crippen LogP contribution in [0.15, 0.2) is 42.5 Å². The first-order valence-corrected chi connectivity index (χ1v) is 8.74. The lowest BCUT2D eigenvalue weighted by Gasteiger charge is -2.18. The predicted octanol–water partition coefficient (Wildman–Crippen LogP) is 3.11. The van der Waals surface area contributed by atoms with E-state index >= 15 is 0 Å². The Bertz CT molecular complexity index is 733. The van der Waals surface area contributed by atoms with Gasteiger partial charge in [-0.1, -0.05) is 6.07 Å². The molecule has 0 radical (unpaired) electrons. The molecule has 1 amide bonds. The summed E-state index contributed by atoms with van der Waals surface area (Å²) in [5, 5.41) is 2.82. The zero-order valence-corrected chi connectivity index (χ0v) is 14.5. The Balaban J connectivity index is 1.31. The molecule has 138 valence electrons. The molecule has 1 aliphatic rings. The number of aryl methyl sites for hydroxylation is 1. The van der Waals surface area contributed by atoms with Crippen LogP contribution in [0.4, 0.5) is 4.39 Å². The van der Waals surface area contributed by atoms with E-state index in [4.69, 9.17) is 14.2 Å². The van der Waals surface area contributed by atoms with E-state index < -0.39 is 0 Å².